The summed E-state index contributed by atoms with van der Waals surface area (Å²) in [4.78, 5) is 6.39. The highest BCUT2D eigenvalue weighted by Crippen LogP contribution is 2.35. The number of aliphatic hydroxyl groups excluding tert-OH is 1. The summed E-state index contributed by atoms with van der Waals surface area (Å²) in [7, 11) is 0. The molecule has 1 saturated heterocycles. The van der Waals surface area contributed by atoms with E-state index in [0.717, 1.165) is 6.07 Å². The summed E-state index contributed by atoms with van der Waals surface area (Å²) in [5, 5.41) is 12.8. The number of hydrogen-bond donors (Lipinski definition) is 2. The SMILES string of the molecule is CCNC(=NCc1ccc(OC(C)(C)C)cc1C(F)(F)F)N1CCC(O)CC1.I. The largest absolute Gasteiger partial charge is 0.488 e. The molecule has 0 aromatic heterocycles. The number of alkyl halides is 3. The third-order valence-corrected chi connectivity index (χ3v) is 4.31. The van der Waals surface area contributed by atoms with Gasteiger partial charge in [0.15, 0.2) is 5.96 Å². The molecule has 0 atom stereocenters. The Kier molecular flexibility index (Phi) is 9.52. The number of piperidine rings is 1. The molecule has 0 saturated carbocycles. The fourth-order valence-electron chi connectivity index (χ4n) is 3.04. The molecule has 1 aromatic carbocycles. The summed E-state index contributed by atoms with van der Waals surface area (Å²) < 4.78 is 46.3. The van der Waals surface area contributed by atoms with Crippen molar-refractivity contribution in [3.63, 3.8) is 0 Å². The number of likely N-dealkylation sites (tertiary alicyclic amines) is 1. The average molecular weight is 529 g/mol. The number of aliphatic imine (C=N–C) groups is 1. The number of benzene rings is 1. The highest BCUT2D eigenvalue weighted by Gasteiger charge is 2.34. The maximum Gasteiger partial charge on any atom is 0.416 e. The predicted octanol–water partition coefficient (Wildman–Crippen LogP) is 4.42. The van der Waals surface area contributed by atoms with Gasteiger partial charge in [-0.1, -0.05) is 6.07 Å². The number of ether oxygens (including phenoxy) is 1. The van der Waals surface area contributed by atoms with Gasteiger partial charge in [-0.25, -0.2) is 4.99 Å². The molecule has 0 radical (unpaired) electrons. The van der Waals surface area contributed by atoms with Crippen molar-refractivity contribution in [3.8, 4) is 5.75 Å². The first-order valence-electron chi connectivity index (χ1n) is 9.60. The van der Waals surface area contributed by atoms with Crippen LogP contribution in [0.4, 0.5) is 13.2 Å². The van der Waals surface area contributed by atoms with Gasteiger partial charge in [-0.3, -0.25) is 0 Å². The molecule has 0 spiro atoms. The van der Waals surface area contributed by atoms with E-state index in [1.807, 2.05) is 11.8 Å². The molecule has 1 aromatic rings. The smallest absolute Gasteiger partial charge is 0.416 e. The van der Waals surface area contributed by atoms with Crippen molar-refractivity contribution in [1.82, 2.24) is 10.2 Å². The zero-order chi connectivity index (χ0) is 20.9. The number of guanidine groups is 1. The van der Waals surface area contributed by atoms with E-state index in [9.17, 15) is 18.3 Å². The summed E-state index contributed by atoms with van der Waals surface area (Å²) in [5.41, 5.74) is -1.22. The predicted molar refractivity (Wildman–Crippen MR) is 119 cm³/mol. The number of hydrogen-bond acceptors (Lipinski definition) is 3. The van der Waals surface area contributed by atoms with Crippen molar-refractivity contribution in [2.75, 3.05) is 19.6 Å². The second kappa shape index (κ2) is 10.7. The molecular formula is C20H31F3IN3O2. The summed E-state index contributed by atoms with van der Waals surface area (Å²) in [6.45, 7) is 9.04. The number of halogens is 4. The molecule has 0 aliphatic carbocycles. The van der Waals surface area contributed by atoms with Gasteiger partial charge < -0.3 is 20.1 Å². The van der Waals surface area contributed by atoms with E-state index >= 15 is 0 Å². The fraction of sp³-hybridized carbons (Fsp3) is 0.650. The molecule has 166 valence electrons. The van der Waals surface area contributed by atoms with Gasteiger partial charge in [0.05, 0.1) is 18.2 Å². The van der Waals surface area contributed by atoms with Crippen molar-refractivity contribution in [1.29, 1.82) is 0 Å². The molecular weight excluding hydrogens is 498 g/mol. The third kappa shape index (κ3) is 8.19. The molecule has 0 bridgehead atoms. The van der Waals surface area contributed by atoms with Crippen LogP contribution in [-0.2, 0) is 12.7 Å². The first kappa shape index (κ1) is 25.8. The van der Waals surface area contributed by atoms with E-state index in [2.05, 4.69) is 10.3 Å². The molecule has 1 aliphatic rings. The Morgan fingerprint density at radius 1 is 1.24 bits per heavy atom. The van der Waals surface area contributed by atoms with E-state index in [1.54, 1.807) is 26.8 Å². The Morgan fingerprint density at radius 2 is 1.86 bits per heavy atom. The Hall–Kier alpha value is -1.23. The Morgan fingerprint density at radius 3 is 2.38 bits per heavy atom. The molecule has 9 heteroatoms. The maximum absolute atomic E-state index is 13.6. The minimum absolute atomic E-state index is 0. The number of aliphatic hydroxyl groups is 1. The van der Waals surface area contributed by atoms with Gasteiger partial charge in [0.25, 0.3) is 0 Å². The lowest BCUT2D eigenvalue weighted by Gasteiger charge is -2.32. The van der Waals surface area contributed by atoms with Crippen LogP contribution in [0.1, 0.15) is 51.7 Å². The molecule has 1 heterocycles. The van der Waals surface area contributed by atoms with Crippen molar-refractivity contribution in [2.24, 2.45) is 4.99 Å². The van der Waals surface area contributed by atoms with Gasteiger partial charge in [-0.15, -0.1) is 24.0 Å². The molecule has 1 aliphatic heterocycles. The van der Waals surface area contributed by atoms with Crippen LogP contribution >= 0.6 is 24.0 Å². The topological polar surface area (TPSA) is 57.1 Å². The van der Waals surface area contributed by atoms with Crippen LogP contribution in [0.25, 0.3) is 0 Å². The monoisotopic (exact) mass is 529 g/mol. The highest BCUT2D eigenvalue weighted by atomic mass is 127. The summed E-state index contributed by atoms with van der Waals surface area (Å²) in [6.07, 6.45) is -3.57. The van der Waals surface area contributed by atoms with Crippen LogP contribution in [-0.4, -0.2) is 47.3 Å². The van der Waals surface area contributed by atoms with E-state index < -0.39 is 17.3 Å². The van der Waals surface area contributed by atoms with Crippen molar-refractivity contribution in [2.45, 2.75) is 65.0 Å². The number of nitrogens with zero attached hydrogens (tertiary/aromatic N) is 2. The first-order valence-corrected chi connectivity index (χ1v) is 9.60. The minimum Gasteiger partial charge on any atom is -0.488 e. The van der Waals surface area contributed by atoms with Crippen molar-refractivity contribution in [3.05, 3.63) is 29.3 Å². The molecule has 1 fully saturated rings. The Balaban J connectivity index is 0.00000420. The van der Waals surface area contributed by atoms with E-state index in [1.165, 1.54) is 6.07 Å². The van der Waals surface area contributed by atoms with Gasteiger partial charge in [-0.2, -0.15) is 13.2 Å². The van der Waals surface area contributed by atoms with Crippen LogP contribution in [0.5, 0.6) is 5.75 Å². The third-order valence-electron chi connectivity index (χ3n) is 4.31. The summed E-state index contributed by atoms with van der Waals surface area (Å²) >= 11 is 0. The van der Waals surface area contributed by atoms with Crippen molar-refractivity contribution < 1.29 is 23.0 Å². The normalized spacial score (nSPS) is 16.4. The lowest BCUT2D eigenvalue weighted by Crippen LogP contribution is -2.46. The Labute approximate surface area is 187 Å². The Bertz CT molecular complexity index is 683. The molecule has 29 heavy (non-hydrogen) atoms. The van der Waals surface area contributed by atoms with Gasteiger partial charge >= 0.3 is 6.18 Å². The van der Waals surface area contributed by atoms with E-state index in [0.29, 0.717) is 38.4 Å². The maximum atomic E-state index is 13.6. The molecule has 5 nitrogen and oxygen atoms in total. The van der Waals surface area contributed by atoms with Crippen LogP contribution in [0.15, 0.2) is 23.2 Å². The van der Waals surface area contributed by atoms with Gasteiger partial charge in [0.1, 0.15) is 11.4 Å². The first-order chi connectivity index (χ1) is 13.0. The zero-order valence-electron chi connectivity index (χ0n) is 17.3. The van der Waals surface area contributed by atoms with Gasteiger partial charge in [0.2, 0.25) is 0 Å². The van der Waals surface area contributed by atoms with Crippen LogP contribution < -0.4 is 10.1 Å². The van der Waals surface area contributed by atoms with Gasteiger partial charge in [0, 0.05) is 19.6 Å². The second-order valence-corrected chi connectivity index (χ2v) is 7.92. The van der Waals surface area contributed by atoms with Gasteiger partial charge in [-0.05, 0) is 58.2 Å². The fourth-order valence-corrected chi connectivity index (χ4v) is 3.04. The summed E-state index contributed by atoms with van der Waals surface area (Å²) in [5.74, 6) is 0.752. The van der Waals surface area contributed by atoms with Crippen LogP contribution in [0.2, 0.25) is 0 Å². The molecule has 0 amide bonds. The standard InChI is InChI=1S/C20H30F3N3O2.HI/c1-5-24-18(26-10-8-15(27)9-11-26)25-13-14-6-7-16(28-19(2,3)4)12-17(14)20(21,22)23;/h6-7,12,15,27H,5,8-11,13H2,1-4H3,(H,24,25);1H. The van der Waals surface area contributed by atoms with Crippen molar-refractivity contribution >= 4 is 29.9 Å². The highest BCUT2D eigenvalue weighted by molar-refractivity contribution is 14.0. The molecule has 2 rings (SSSR count). The average Bonchev–Trinajstić information content (AvgIpc) is 2.58. The lowest BCUT2D eigenvalue weighted by molar-refractivity contribution is -0.138. The minimum atomic E-state index is -4.49. The number of nitrogens with one attached hydrogen (secondary N) is 1. The zero-order valence-corrected chi connectivity index (χ0v) is 19.7. The summed E-state index contributed by atoms with van der Waals surface area (Å²) in [6, 6.07) is 4.02. The van der Waals surface area contributed by atoms with Crippen LogP contribution in [0.3, 0.4) is 0 Å². The van der Waals surface area contributed by atoms with E-state index in [4.69, 9.17) is 4.74 Å². The second-order valence-electron chi connectivity index (χ2n) is 7.92. The molecule has 0 unspecified atom stereocenters. The molecule has 2 N–H and O–H groups in total. The lowest BCUT2D eigenvalue weighted by atomic mass is 10.1. The van der Waals surface area contributed by atoms with E-state index in [-0.39, 0.29) is 47.9 Å². The van der Waals surface area contributed by atoms with Crippen LogP contribution in [0, 0.1) is 0 Å². The number of rotatable bonds is 4. The quantitative estimate of drug-likeness (QED) is 0.345.